The van der Waals surface area contributed by atoms with Crippen molar-refractivity contribution >= 4 is 18.0 Å². The largest absolute Gasteiger partial charge is 0.481 e. The fraction of sp³-hybridized carbons (Fsp3) is 0.318. The van der Waals surface area contributed by atoms with E-state index in [9.17, 15) is 19.5 Å². The molecule has 0 aliphatic rings. The van der Waals surface area contributed by atoms with Crippen molar-refractivity contribution in [2.24, 2.45) is 11.7 Å². The van der Waals surface area contributed by atoms with Crippen LogP contribution >= 0.6 is 0 Å². The number of aliphatic carboxylic acids is 1. The molecule has 0 fully saturated rings. The van der Waals surface area contributed by atoms with Crippen molar-refractivity contribution in [3.8, 4) is 0 Å². The summed E-state index contributed by atoms with van der Waals surface area (Å²) in [5.74, 6) is -3.10. The molecule has 3 atom stereocenters. The zero-order valence-corrected chi connectivity index (χ0v) is 16.8. The summed E-state index contributed by atoms with van der Waals surface area (Å²) in [4.78, 5) is 37.0. The smallest absolute Gasteiger partial charge is 0.408 e. The van der Waals surface area contributed by atoms with Gasteiger partial charge in [-0.1, -0.05) is 67.6 Å². The third-order valence-corrected chi connectivity index (χ3v) is 4.55. The van der Waals surface area contributed by atoms with Gasteiger partial charge in [-0.15, -0.1) is 0 Å². The van der Waals surface area contributed by atoms with E-state index < -0.39 is 36.1 Å². The molecule has 2 amide bonds. The summed E-state index contributed by atoms with van der Waals surface area (Å²) >= 11 is 0. The molecule has 30 heavy (non-hydrogen) atoms. The minimum absolute atomic E-state index is 0.00803. The van der Waals surface area contributed by atoms with Crippen LogP contribution in [0, 0.1) is 5.92 Å². The lowest BCUT2D eigenvalue weighted by Gasteiger charge is -2.25. The number of nitrogens with one attached hydrogen (secondary N) is 2. The SMILES string of the molecule is CC[C@H](N)NC(=O)[C@@H](NC(=O)OCc1ccccc1)C(Cc1ccccc1)C(=O)O. The zero-order chi connectivity index (χ0) is 21.9. The lowest BCUT2D eigenvalue weighted by atomic mass is 9.91. The second kappa shape index (κ2) is 11.6. The van der Waals surface area contributed by atoms with E-state index in [4.69, 9.17) is 10.5 Å². The first kappa shape index (κ1) is 22.9. The summed E-state index contributed by atoms with van der Waals surface area (Å²) in [5.41, 5.74) is 7.27. The van der Waals surface area contributed by atoms with Crippen LogP contribution < -0.4 is 16.4 Å². The number of nitrogens with two attached hydrogens (primary N) is 1. The molecule has 2 aromatic carbocycles. The van der Waals surface area contributed by atoms with E-state index in [-0.39, 0.29) is 13.0 Å². The lowest BCUT2D eigenvalue weighted by molar-refractivity contribution is -0.145. The van der Waals surface area contributed by atoms with Gasteiger partial charge in [-0.2, -0.15) is 0 Å². The molecule has 0 heterocycles. The molecule has 0 radical (unpaired) electrons. The van der Waals surface area contributed by atoms with Crippen LogP contribution in [0.25, 0.3) is 0 Å². The van der Waals surface area contributed by atoms with E-state index in [2.05, 4.69) is 10.6 Å². The number of carbonyl (C=O) groups is 3. The van der Waals surface area contributed by atoms with Gasteiger partial charge >= 0.3 is 12.1 Å². The van der Waals surface area contributed by atoms with Crippen LogP contribution in [0.3, 0.4) is 0 Å². The highest BCUT2D eigenvalue weighted by molar-refractivity contribution is 5.90. The molecular formula is C22H27N3O5. The molecule has 0 aromatic heterocycles. The van der Waals surface area contributed by atoms with E-state index in [1.807, 2.05) is 12.1 Å². The summed E-state index contributed by atoms with van der Waals surface area (Å²) in [7, 11) is 0. The van der Waals surface area contributed by atoms with Crippen molar-refractivity contribution in [2.45, 2.75) is 38.6 Å². The summed E-state index contributed by atoms with van der Waals surface area (Å²) < 4.78 is 5.17. The van der Waals surface area contributed by atoms with Gasteiger partial charge in [0.1, 0.15) is 12.6 Å². The van der Waals surface area contributed by atoms with Crippen LogP contribution in [-0.2, 0) is 27.4 Å². The summed E-state index contributed by atoms with van der Waals surface area (Å²) in [6, 6.07) is 16.5. The number of benzene rings is 2. The van der Waals surface area contributed by atoms with E-state index in [0.29, 0.717) is 6.42 Å². The van der Waals surface area contributed by atoms with Gasteiger partial charge in [-0.05, 0) is 24.0 Å². The molecule has 0 aliphatic carbocycles. The lowest BCUT2D eigenvalue weighted by Crippen LogP contribution is -2.56. The van der Waals surface area contributed by atoms with Crippen molar-refractivity contribution < 1.29 is 24.2 Å². The molecule has 160 valence electrons. The number of carboxylic acids is 1. The number of hydrogen-bond acceptors (Lipinski definition) is 5. The normalized spacial score (nSPS) is 13.5. The Hall–Kier alpha value is -3.39. The predicted octanol–water partition coefficient (Wildman–Crippen LogP) is 2.04. The molecule has 0 aliphatic heterocycles. The third-order valence-electron chi connectivity index (χ3n) is 4.55. The number of hydrogen-bond donors (Lipinski definition) is 4. The Morgan fingerprint density at radius 1 is 0.967 bits per heavy atom. The highest BCUT2D eigenvalue weighted by Crippen LogP contribution is 2.15. The molecular weight excluding hydrogens is 386 g/mol. The van der Waals surface area contributed by atoms with Crippen molar-refractivity contribution in [1.82, 2.24) is 10.6 Å². The standard InChI is InChI=1S/C22H27N3O5/c1-2-18(23)24-20(26)19(17(21(27)28)13-15-9-5-3-6-10-15)25-22(29)30-14-16-11-7-4-8-12-16/h3-12,17-19H,2,13-14,23H2,1H3,(H,24,26)(H,25,29)(H,27,28)/t17?,18-,19+/m1/s1. The maximum Gasteiger partial charge on any atom is 0.408 e. The summed E-state index contributed by atoms with van der Waals surface area (Å²) in [5, 5.41) is 14.7. The van der Waals surface area contributed by atoms with Gasteiger partial charge in [-0.25, -0.2) is 4.79 Å². The average molecular weight is 413 g/mol. The third kappa shape index (κ3) is 7.21. The van der Waals surface area contributed by atoms with E-state index >= 15 is 0 Å². The minimum Gasteiger partial charge on any atom is -0.481 e. The first-order valence-corrected chi connectivity index (χ1v) is 9.70. The maximum absolute atomic E-state index is 12.7. The molecule has 0 spiro atoms. The molecule has 2 rings (SSSR count). The second-order valence-electron chi connectivity index (χ2n) is 6.84. The fourth-order valence-electron chi connectivity index (χ4n) is 2.83. The van der Waals surface area contributed by atoms with Crippen molar-refractivity contribution in [3.05, 3.63) is 71.8 Å². The molecule has 0 saturated carbocycles. The number of rotatable bonds is 10. The van der Waals surface area contributed by atoms with Crippen LogP contribution in [-0.4, -0.2) is 35.3 Å². The summed E-state index contributed by atoms with van der Waals surface area (Å²) in [6.45, 7) is 1.77. The minimum atomic E-state index is -1.36. The molecule has 5 N–H and O–H groups in total. The second-order valence-corrected chi connectivity index (χ2v) is 6.84. The quantitative estimate of drug-likeness (QED) is 0.441. The number of alkyl carbamates (subject to hydrolysis) is 1. The van der Waals surface area contributed by atoms with Gasteiger partial charge in [-0.3, -0.25) is 9.59 Å². The first-order valence-electron chi connectivity index (χ1n) is 9.70. The Morgan fingerprint density at radius 2 is 1.53 bits per heavy atom. The van der Waals surface area contributed by atoms with Gasteiger partial charge in [0.2, 0.25) is 5.91 Å². The molecule has 1 unspecified atom stereocenters. The number of ether oxygens (including phenoxy) is 1. The van der Waals surface area contributed by atoms with E-state index in [1.165, 1.54) is 0 Å². The molecule has 8 heteroatoms. The predicted molar refractivity (Wildman–Crippen MR) is 111 cm³/mol. The molecule has 2 aromatic rings. The van der Waals surface area contributed by atoms with Crippen molar-refractivity contribution in [1.29, 1.82) is 0 Å². The van der Waals surface area contributed by atoms with Crippen LogP contribution in [0.5, 0.6) is 0 Å². The molecule has 8 nitrogen and oxygen atoms in total. The number of carbonyl (C=O) groups excluding carboxylic acids is 2. The molecule has 0 saturated heterocycles. The number of amides is 2. The Balaban J connectivity index is 2.15. The van der Waals surface area contributed by atoms with E-state index in [0.717, 1.165) is 11.1 Å². The van der Waals surface area contributed by atoms with E-state index in [1.54, 1.807) is 55.5 Å². The molecule has 0 bridgehead atoms. The van der Waals surface area contributed by atoms with Gasteiger partial charge in [0.05, 0.1) is 12.1 Å². The average Bonchev–Trinajstić information content (AvgIpc) is 2.75. The van der Waals surface area contributed by atoms with Crippen molar-refractivity contribution in [2.75, 3.05) is 0 Å². The maximum atomic E-state index is 12.7. The summed E-state index contributed by atoms with van der Waals surface area (Å²) in [6.07, 6.45) is -1.04. The van der Waals surface area contributed by atoms with Crippen LogP contribution in [0.1, 0.15) is 24.5 Å². The highest BCUT2D eigenvalue weighted by atomic mass is 16.5. The Bertz CT molecular complexity index is 829. The van der Waals surface area contributed by atoms with Crippen LogP contribution in [0.4, 0.5) is 4.79 Å². The van der Waals surface area contributed by atoms with Crippen molar-refractivity contribution in [3.63, 3.8) is 0 Å². The highest BCUT2D eigenvalue weighted by Gasteiger charge is 2.36. The Kier molecular flexibility index (Phi) is 8.83. The van der Waals surface area contributed by atoms with Crippen LogP contribution in [0.15, 0.2) is 60.7 Å². The topological polar surface area (TPSA) is 131 Å². The first-order chi connectivity index (χ1) is 14.4. The van der Waals surface area contributed by atoms with Gasteiger partial charge in [0.25, 0.3) is 0 Å². The number of carboxylic acid groups (broad SMARTS) is 1. The Labute approximate surface area is 175 Å². The Morgan fingerprint density at radius 3 is 2.07 bits per heavy atom. The monoisotopic (exact) mass is 413 g/mol. The van der Waals surface area contributed by atoms with Gasteiger partial charge in [0.15, 0.2) is 0 Å². The fourth-order valence-corrected chi connectivity index (χ4v) is 2.83. The van der Waals surface area contributed by atoms with Crippen LogP contribution in [0.2, 0.25) is 0 Å². The van der Waals surface area contributed by atoms with Gasteiger partial charge < -0.3 is 26.2 Å². The zero-order valence-electron chi connectivity index (χ0n) is 16.8. The van der Waals surface area contributed by atoms with Gasteiger partial charge in [0, 0.05) is 0 Å².